The molecular formula is C21H23N3O4S. The Bertz CT molecular complexity index is 1180. The van der Waals surface area contributed by atoms with E-state index in [0.29, 0.717) is 46.9 Å². The van der Waals surface area contributed by atoms with E-state index in [1.165, 1.54) is 10.4 Å². The molecule has 0 aliphatic carbocycles. The van der Waals surface area contributed by atoms with Gasteiger partial charge in [0.05, 0.1) is 4.90 Å². The summed E-state index contributed by atoms with van der Waals surface area (Å²) >= 11 is 0. The molecule has 3 aromatic rings. The van der Waals surface area contributed by atoms with E-state index in [9.17, 15) is 13.2 Å². The third-order valence-electron chi connectivity index (χ3n) is 5.14. The molecule has 0 bridgehead atoms. The third-order valence-corrected chi connectivity index (χ3v) is 7.18. The van der Waals surface area contributed by atoms with E-state index in [1.807, 2.05) is 0 Å². The minimum atomic E-state index is -3.62. The fourth-order valence-electron chi connectivity index (χ4n) is 3.59. The van der Waals surface area contributed by atoms with Gasteiger partial charge in [-0.25, -0.2) is 13.4 Å². The molecule has 0 saturated carbocycles. The molecule has 1 fully saturated rings. The molecular weight excluding hydrogens is 390 g/mol. The maximum Gasteiger partial charge on any atom is 0.255 e. The van der Waals surface area contributed by atoms with Crippen LogP contribution in [0.3, 0.4) is 0 Å². The number of nitrogens with zero attached hydrogens (tertiary/aromatic N) is 2. The molecule has 0 unspecified atom stereocenters. The van der Waals surface area contributed by atoms with Crippen molar-refractivity contribution in [2.45, 2.75) is 38.0 Å². The normalized spacial score (nSPS) is 15.5. The average molecular weight is 413 g/mol. The van der Waals surface area contributed by atoms with E-state index in [-0.39, 0.29) is 10.8 Å². The Kier molecular flexibility index (Phi) is 5.14. The number of hydrogen-bond donors (Lipinski definition) is 1. The van der Waals surface area contributed by atoms with Crippen LogP contribution >= 0.6 is 0 Å². The summed E-state index contributed by atoms with van der Waals surface area (Å²) in [7, 11) is -3.62. The maximum absolute atomic E-state index is 13.1. The SMILES string of the molecule is Cc1nc2cc(NC(=O)c3ccc(C)c(S(=O)(=O)N4CCCCC4)c3)ccc2o1. The zero-order valence-corrected chi connectivity index (χ0v) is 17.3. The molecule has 4 rings (SSSR count). The highest BCUT2D eigenvalue weighted by Crippen LogP contribution is 2.25. The number of fused-ring (bicyclic) bond motifs is 1. The molecule has 1 aliphatic rings. The Hall–Kier alpha value is -2.71. The van der Waals surface area contributed by atoms with Crippen molar-refractivity contribution in [1.82, 2.24) is 9.29 Å². The Balaban J connectivity index is 1.61. The van der Waals surface area contributed by atoms with E-state index >= 15 is 0 Å². The minimum Gasteiger partial charge on any atom is -0.441 e. The summed E-state index contributed by atoms with van der Waals surface area (Å²) in [4.78, 5) is 17.2. The van der Waals surface area contributed by atoms with Crippen LogP contribution in [0.5, 0.6) is 0 Å². The highest BCUT2D eigenvalue weighted by molar-refractivity contribution is 7.89. The van der Waals surface area contributed by atoms with Crippen LogP contribution in [0, 0.1) is 13.8 Å². The van der Waals surface area contributed by atoms with E-state index in [2.05, 4.69) is 10.3 Å². The first-order chi connectivity index (χ1) is 13.8. The number of aryl methyl sites for hydroxylation is 2. The molecule has 1 aliphatic heterocycles. The van der Waals surface area contributed by atoms with Gasteiger partial charge in [0.1, 0.15) is 5.52 Å². The second kappa shape index (κ2) is 7.61. The van der Waals surface area contributed by atoms with Crippen LogP contribution in [-0.4, -0.2) is 36.7 Å². The van der Waals surface area contributed by atoms with Crippen molar-refractivity contribution in [1.29, 1.82) is 0 Å². The number of carbonyl (C=O) groups excluding carboxylic acids is 1. The van der Waals surface area contributed by atoms with Crippen molar-refractivity contribution in [3.05, 3.63) is 53.4 Å². The zero-order valence-electron chi connectivity index (χ0n) is 16.4. The van der Waals surface area contributed by atoms with E-state index < -0.39 is 10.0 Å². The fraction of sp³-hybridized carbons (Fsp3) is 0.333. The minimum absolute atomic E-state index is 0.189. The summed E-state index contributed by atoms with van der Waals surface area (Å²) < 4.78 is 33.1. The van der Waals surface area contributed by atoms with Crippen molar-refractivity contribution >= 4 is 32.7 Å². The van der Waals surface area contributed by atoms with Crippen molar-refractivity contribution in [2.75, 3.05) is 18.4 Å². The van der Waals surface area contributed by atoms with Crippen molar-refractivity contribution in [2.24, 2.45) is 0 Å². The Morgan fingerprint density at radius 1 is 1.07 bits per heavy atom. The molecule has 1 aromatic heterocycles. The van der Waals surface area contributed by atoms with Gasteiger partial charge in [-0.05, 0) is 55.7 Å². The lowest BCUT2D eigenvalue weighted by atomic mass is 10.1. The van der Waals surface area contributed by atoms with Crippen molar-refractivity contribution in [3.8, 4) is 0 Å². The standard InChI is InChI=1S/C21H23N3O4S/c1-14-6-7-16(12-20(14)29(26,27)24-10-4-3-5-11-24)21(25)23-17-8-9-19-18(13-17)22-15(2)28-19/h6-9,12-13H,3-5,10-11H2,1-2H3,(H,23,25). The molecule has 1 amide bonds. The number of sulfonamides is 1. The lowest BCUT2D eigenvalue weighted by Crippen LogP contribution is -2.36. The number of carbonyl (C=O) groups is 1. The summed E-state index contributed by atoms with van der Waals surface area (Å²) in [5.41, 5.74) is 2.79. The van der Waals surface area contributed by atoms with Crippen LogP contribution in [0.4, 0.5) is 5.69 Å². The van der Waals surface area contributed by atoms with Crippen LogP contribution in [0.25, 0.3) is 11.1 Å². The van der Waals surface area contributed by atoms with Crippen LogP contribution in [-0.2, 0) is 10.0 Å². The van der Waals surface area contributed by atoms with Crippen LogP contribution < -0.4 is 5.32 Å². The molecule has 1 N–H and O–H groups in total. The smallest absolute Gasteiger partial charge is 0.255 e. The number of aromatic nitrogens is 1. The number of nitrogens with one attached hydrogen (secondary N) is 1. The number of benzene rings is 2. The lowest BCUT2D eigenvalue weighted by molar-refractivity contribution is 0.102. The summed E-state index contributed by atoms with van der Waals surface area (Å²) in [6.45, 7) is 4.55. The monoisotopic (exact) mass is 413 g/mol. The lowest BCUT2D eigenvalue weighted by Gasteiger charge is -2.26. The molecule has 29 heavy (non-hydrogen) atoms. The highest BCUT2D eigenvalue weighted by Gasteiger charge is 2.28. The summed E-state index contributed by atoms with van der Waals surface area (Å²) in [6.07, 6.45) is 2.77. The van der Waals surface area contributed by atoms with Gasteiger partial charge in [0, 0.05) is 31.3 Å². The van der Waals surface area contributed by atoms with Gasteiger partial charge in [-0.2, -0.15) is 4.31 Å². The van der Waals surface area contributed by atoms with Gasteiger partial charge in [-0.3, -0.25) is 4.79 Å². The molecule has 2 heterocycles. The Labute approximate surface area is 169 Å². The predicted molar refractivity (Wildman–Crippen MR) is 110 cm³/mol. The largest absolute Gasteiger partial charge is 0.441 e. The van der Waals surface area contributed by atoms with Gasteiger partial charge in [-0.15, -0.1) is 0 Å². The number of piperidine rings is 1. The number of anilines is 1. The summed E-state index contributed by atoms with van der Waals surface area (Å²) in [5, 5.41) is 2.81. The van der Waals surface area contributed by atoms with Gasteiger partial charge >= 0.3 is 0 Å². The maximum atomic E-state index is 13.1. The van der Waals surface area contributed by atoms with Gasteiger partial charge in [0.25, 0.3) is 5.91 Å². The first kappa shape index (κ1) is 19.6. The molecule has 8 heteroatoms. The molecule has 152 valence electrons. The summed E-state index contributed by atoms with van der Waals surface area (Å²) in [6, 6.07) is 9.97. The molecule has 0 radical (unpaired) electrons. The molecule has 7 nitrogen and oxygen atoms in total. The van der Waals surface area contributed by atoms with Crippen LogP contribution in [0.15, 0.2) is 45.7 Å². The number of rotatable bonds is 4. The number of oxazole rings is 1. The van der Waals surface area contributed by atoms with Crippen molar-refractivity contribution in [3.63, 3.8) is 0 Å². The van der Waals surface area contributed by atoms with Crippen LogP contribution in [0.1, 0.15) is 41.1 Å². The van der Waals surface area contributed by atoms with Gasteiger partial charge < -0.3 is 9.73 Å². The topological polar surface area (TPSA) is 92.5 Å². The zero-order chi connectivity index (χ0) is 20.6. The Morgan fingerprint density at radius 3 is 2.59 bits per heavy atom. The second-order valence-electron chi connectivity index (χ2n) is 7.31. The average Bonchev–Trinajstić information content (AvgIpc) is 3.08. The first-order valence-electron chi connectivity index (χ1n) is 9.64. The van der Waals surface area contributed by atoms with E-state index in [0.717, 1.165) is 19.3 Å². The molecule has 1 saturated heterocycles. The van der Waals surface area contributed by atoms with Crippen LogP contribution in [0.2, 0.25) is 0 Å². The van der Waals surface area contributed by atoms with Gasteiger partial charge in [0.2, 0.25) is 10.0 Å². The third kappa shape index (κ3) is 3.90. The molecule has 0 spiro atoms. The quantitative estimate of drug-likeness (QED) is 0.701. The predicted octanol–water partition coefficient (Wildman–Crippen LogP) is 3.87. The molecule has 2 aromatic carbocycles. The molecule has 0 atom stereocenters. The second-order valence-corrected chi connectivity index (χ2v) is 9.22. The van der Waals surface area contributed by atoms with Gasteiger partial charge in [-0.1, -0.05) is 12.5 Å². The summed E-state index contributed by atoms with van der Waals surface area (Å²) in [5.74, 6) is 0.175. The Morgan fingerprint density at radius 2 is 1.83 bits per heavy atom. The highest BCUT2D eigenvalue weighted by atomic mass is 32.2. The first-order valence-corrected chi connectivity index (χ1v) is 11.1. The van der Waals surface area contributed by atoms with E-state index in [4.69, 9.17) is 4.42 Å². The number of hydrogen-bond acceptors (Lipinski definition) is 5. The van der Waals surface area contributed by atoms with E-state index in [1.54, 1.807) is 44.2 Å². The fourth-order valence-corrected chi connectivity index (χ4v) is 5.36. The van der Waals surface area contributed by atoms with Crippen molar-refractivity contribution < 1.29 is 17.6 Å². The number of amides is 1. The van der Waals surface area contributed by atoms with Gasteiger partial charge in [0.15, 0.2) is 11.5 Å².